The average molecular weight is 413 g/mol. The normalized spacial score (nSPS) is 14.3. The number of para-hydroxylation sites is 2. The number of alkyl halides is 3. The van der Waals surface area contributed by atoms with Crippen LogP contribution >= 0.6 is 0 Å². The number of carbonyl (C=O) groups is 1. The van der Waals surface area contributed by atoms with Gasteiger partial charge in [-0.15, -0.1) is 0 Å². The fourth-order valence-electron chi connectivity index (χ4n) is 3.50. The lowest BCUT2D eigenvalue weighted by Gasteiger charge is -2.27. The first kappa shape index (κ1) is 20.0. The number of hydrogen-bond donors (Lipinski definition) is 2. The highest BCUT2D eigenvalue weighted by Gasteiger charge is 2.33. The van der Waals surface area contributed by atoms with Crippen molar-refractivity contribution in [1.82, 2.24) is 5.32 Å². The van der Waals surface area contributed by atoms with Gasteiger partial charge < -0.3 is 15.2 Å². The minimum atomic E-state index is -4.44. The zero-order valence-corrected chi connectivity index (χ0v) is 15.7. The number of aliphatic hydroxyl groups is 1. The van der Waals surface area contributed by atoms with Crippen LogP contribution in [0.5, 0.6) is 11.5 Å². The summed E-state index contributed by atoms with van der Waals surface area (Å²) in [6, 6.07) is 18.7. The minimum absolute atomic E-state index is 0.133. The van der Waals surface area contributed by atoms with Crippen molar-refractivity contribution < 1.29 is 27.8 Å². The van der Waals surface area contributed by atoms with E-state index in [1.165, 1.54) is 12.1 Å². The van der Waals surface area contributed by atoms with Gasteiger partial charge in [-0.2, -0.15) is 13.2 Å². The first-order chi connectivity index (χ1) is 14.3. The maximum Gasteiger partial charge on any atom is 0.416 e. The van der Waals surface area contributed by atoms with E-state index in [1.54, 1.807) is 12.1 Å². The molecule has 1 atom stereocenters. The van der Waals surface area contributed by atoms with E-state index in [0.717, 1.165) is 12.1 Å². The molecule has 1 heterocycles. The molecule has 154 valence electrons. The molecular formula is C23H18F3NO3. The predicted octanol–water partition coefficient (Wildman–Crippen LogP) is 4.79. The Bertz CT molecular complexity index is 1020. The molecule has 1 aliphatic rings. The average Bonchev–Trinajstić information content (AvgIpc) is 2.75. The molecule has 1 amide bonds. The molecule has 3 aromatic carbocycles. The number of fused-ring (bicyclic) bond motifs is 2. The summed E-state index contributed by atoms with van der Waals surface area (Å²) in [5.41, 5.74) is 0.907. The maximum atomic E-state index is 13.0. The summed E-state index contributed by atoms with van der Waals surface area (Å²) < 4.78 is 43.9. The summed E-state index contributed by atoms with van der Waals surface area (Å²) in [6.45, 7) is -0.133. The number of ether oxygens (including phenoxy) is 1. The van der Waals surface area contributed by atoms with Crippen molar-refractivity contribution >= 4 is 5.91 Å². The number of carbonyl (C=O) groups excluding carboxylic acids is 1. The first-order valence-corrected chi connectivity index (χ1v) is 9.33. The topological polar surface area (TPSA) is 58.6 Å². The van der Waals surface area contributed by atoms with Gasteiger partial charge in [0, 0.05) is 17.7 Å². The second kappa shape index (κ2) is 7.84. The van der Waals surface area contributed by atoms with Crippen LogP contribution in [0.15, 0.2) is 72.8 Å². The molecule has 1 aliphatic heterocycles. The molecule has 0 aromatic heterocycles. The molecule has 0 saturated carbocycles. The van der Waals surface area contributed by atoms with Gasteiger partial charge in [0.2, 0.25) is 5.91 Å². The zero-order chi connectivity index (χ0) is 21.3. The van der Waals surface area contributed by atoms with Crippen molar-refractivity contribution in [2.24, 2.45) is 0 Å². The Labute approximate surface area is 170 Å². The van der Waals surface area contributed by atoms with Crippen molar-refractivity contribution in [1.29, 1.82) is 0 Å². The van der Waals surface area contributed by atoms with Crippen LogP contribution in [-0.4, -0.2) is 17.6 Å². The van der Waals surface area contributed by atoms with Gasteiger partial charge in [0.25, 0.3) is 0 Å². The van der Waals surface area contributed by atoms with Gasteiger partial charge in [0.05, 0.1) is 17.6 Å². The molecule has 0 radical (unpaired) electrons. The molecule has 0 bridgehead atoms. The summed E-state index contributed by atoms with van der Waals surface area (Å²) >= 11 is 0. The van der Waals surface area contributed by atoms with Crippen molar-refractivity contribution in [2.45, 2.75) is 18.2 Å². The van der Waals surface area contributed by atoms with Gasteiger partial charge in [-0.05, 0) is 29.8 Å². The first-order valence-electron chi connectivity index (χ1n) is 9.33. The van der Waals surface area contributed by atoms with E-state index in [1.807, 2.05) is 36.4 Å². The Morgan fingerprint density at radius 2 is 1.47 bits per heavy atom. The molecule has 2 N–H and O–H groups in total. The van der Waals surface area contributed by atoms with Crippen molar-refractivity contribution in [2.75, 3.05) is 6.54 Å². The SMILES string of the molecule is O=C(NCC(O)c1ccc(C(F)(F)F)cc1)C1c2ccccc2Oc2ccccc21. The highest BCUT2D eigenvalue weighted by Crippen LogP contribution is 2.43. The fraction of sp³-hybridized carbons (Fsp3) is 0.174. The summed E-state index contributed by atoms with van der Waals surface area (Å²) in [5, 5.41) is 13.0. The molecule has 3 aromatic rings. The molecule has 0 aliphatic carbocycles. The van der Waals surface area contributed by atoms with Crippen LogP contribution < -0.4 is 10.1 Å². The molecule has 0 spiro atoms. The van der Waals surface area contributed by atoms with Crippen molar-refractivity contribution in [3.05, 3.63) is 95.1 Å². The standard InChI is InChI=1S/C23H18F3NO3/c24-23(25,26)15-11-9-14(10-12-15)18(28)13-27-22(29)21-16-5-1-3-7-19(16)30-20-8-4-2-6-17(20)21/h1-12,18,21,28H,13H2,(H,27,29). The van der Waals surface area contributed by atoms with E-state index in [-0.39, 0.29) is 18.0 Å². The van der Waals surface area contributed by atoms with Gasteiger partial charge in [-0.3, -0.25) is 4.79 Å². The number of aliphatic hydroxyl groups excluding tert-OH is 1. The molecular weight excluding hydrogens is 395 g/mol. The molecule has 0 saturated heterocycles. The third-order valence-electron chi connectivity index (χ3n) is 5.03. The van der Waals surface area contributed by atoms with E-state index < -0.39 is 23.8 Å². The van der Waals surface area contributed by atoms with Crippen LogP contribution in [0.3, 0.4) is 0 Å². The van der Waals surface area contributed by atoms with Crippen LogP contribution in [0, 0.1) is 0 Å². The smallest absolute Gasteiger partial charge is 0.416 e. The molecule has 4 rings (SSSR count). The summed E-state index contributed by atoms with van der Waals surface area (Å²) in [7, 11) is 0. The quantitative estimate of drug-likeness (QED) is 0.647. The number of amides is 1. The Kier molecular flexibility index (Phi) is 5.22. The molecule has 1 unspecified atom stereocenters. The third-order valence-corrected chi connectivity index (χ3v) is 5.03. The van der Waals surface area contributed by atoms with Gasteiger partial charge >= 0.3 is 6.18 Å². The van der Waals surface area contributed by atoms with E-state index in [9.17, 15) is 23.1 Å². The summed E-state index contributed by atoms with van der Waals surface area (Å²) in [6.07, 6.45) is -5.58. The van der Waals surface area contributed by atoms with E-state index in [2.05, 4.69) is 5.32 Å². The number of benzene rings is 3. The monoisotopic (exact) mass is 413 g/mol. The Morgan fingerprint density at radius 3 is 2.00 bits per heavy atom. The summed E-state index contributed by atoms with van der Waals surface area (Å²) in [5.74, 6) is 0.217. The van der Waals surface area contributed by atoms with E-state index in [4.69, 9.17) is 4.74 Å². The highest BCUT2D eigenvalue weighted by molar-refractivity contribution is 5.89. The van der Waals surface area contributed by atoms with Crippen LogP contribution in [0.4, 0.5) is 13.2 Å². The predicted molar refractivity (Wildman–Crippen MR) is 104 cm³/mol. The van der Waals surface area contributed by atoms with Crippen LogP contribution in [-0.2, 0) is 11.0 Å². The lowest BCUT2D eigenvalue weighted by atomic mass is 9.87. The van der Waals surface area contributed by atoms with E-state index >= 15 is 0 Å². The van der Waals surface area contributed by atoms with E-state index in [0.29, 0.717) is 22.6 Å². The third kappa shape index (κ3) is 3.89. The second-order valence-electron chi connectivity index (χ2n) is 6.99. The second-order valence-corrected chi connectivity index (χ2v) is 6.99. The Balaban J connectivity index is 1.51. The number of nitrogens with one attached hydrogen (secondary N) is 1. The number of halogens is 3. The van der Waals surface area contributed by atoms with Gasteiger partial charge in [-0.25, -0.2) is 0 Å². The fourth-order valence-corrected chi connectivity index (χ4v) is 3.50. The summed E-state index contributed by atoms with van der Waals surface area (Å²) in [4.78, 5) is 13.0. The lowest BCUT2D eigenvalue weighted by Crippen LogP contribution is -2.34. The highest BCUT2D eigenvalue weighted by atomic mass is 19.4. The van der Waals surface area contributed by atoms with Crippen molar-refractivity contribution in [3.63, 3.8) is 0 Å². The molecule has 7 heteroatoms. The lowest BCUT2D eigenvalue weighted by molar-refractivity contribution is -0.137. The molecule has 4 nitrogen and oxygen atoms in total. The largest absolute Gasteiger partial charge is 0.457 e. The van der Waals surface area contributed by atoms with Crippen LogP contribution in [0.2, 0.25) is 0 Å². The number of hydrogen-bond acceptors (Lipinski definition) is 3. The Hall–Kier alpha value is -3.32. The van der Waals surface area contributed by atoms with Gasteiger partial charge in [0.15, 0.2) is 0 Å². The number of rotatable bonds is 4. The molecule has 30 heavy (non-hydrogen) atoms. The van der Waals surface area contributed by atoms with Crippen LogP contribution in [0.1, 0.15) is 34.3 Å². The zero-order valence-electron chi connectivity index (χ0n) is 15.7. The van der Waals surface area contributed by atoms with Gasteiger partial charge in [0.1, 0.15) is 11.5 Å². The molecule has 0 fully saturated rings. The Morgan fingerprint density at radius 1 is 0.933 bits per heavy atom. The van der Waals surface area contributed by atoms with Crippen LogP contribution in [0.25, 0.3) is 0 Å². The maximum absolute atomic E-state index is 13.0. The van der Waals surface area contributed by atoms with Gasteiger partial charge in [-0.1, -0.05) is 48.5 Å². The van der Waals surface area contributed by atoms with Crippen molar-refractivity contribution in [3.8, 4) is 11.5 Å². The minimum Gasteiger partial charge on any atom is -0.457 e.